The van der Waals surface area contributed by atoms with Crippen LogP contribution in [0.15, 0.2) is 24.4 Å². The second-order valence-electron chi connectivity index (χ2n) is 5.58. The molecule has 0 aliphatic carbocycles. The van der Waals surface area contributed by atoms with Crippen molar-refractivity contribution in [1.82, 2.24) is 9.78 Å². The largest absolute Gasteiger partial charge is 0.486 e. The summed E-state index contributed by atoms with van der Waals surface area (Å²) in [6.07, 6.45) is 1.86. The molecule has 7 heteroatoms. The van der Waals surface area contributed by atoms with Crippen LogP contribution < -0.4 is 14.8 Å². The van der Waals surface area contributed by atoms with Gasteiger partial charge in [0.15, 0.2) is 11.5 Å². The van der Waals surface area contributed by atoms with Crippen LogP contribution in [0.5, 0.6) is 11.5 Å². The normalized spacial score (nSPS) is 13.2. The Labute approximate surface area is 139 Å². The standard InChI is InChI=1S/C16H18ClN3O3/c1-10(2)20-14(3-4-18-20)19-15(21)9-11-7-12(17)16-13(8-11)22-5-6-23-16/h3-4,7-8,10H,5-6,9H2,1-2H3,(H,19,21). The number of aromatic nitrogens is 2. The molecule has 0 fully saturated rings. The van der Waals surface area contributed by atoms with Crippen LogP contribution in [0.4, 0.5) is 5.82 Å². The number of carbonyl (C=O) groups excluding carboxylic acids is 1. The van der Waals surface area contributed by atoms with Gasteiger partial charge in [-0.25, -0.2) is 4.68 Å². The molecule has 1 aliphatic rings. The van der Waals surface area contributed by atoms with Crippen LogP contribution in [0, 0.1) is 0 Å². The van der Waals surface area contributed by atoms with Gasteiger partial charge < -0.3 is 14.8 Å². The highest BCUT2D eigenvalue weighted by Gasteiger charge is 2.18. The van der Waals surface area contributed by atoms with Crippen LogP contribution in [0.25, 0.3) is 0 Å². The molecule has 6 nitrogen and oxygen atoms in total. The first-order valence-electron chi connectivity index (χ1n) is 7.46. The van der Waals surface area contributed by atoms with Crippen molar-refractivity contribution in [3.05, 3.63) is 35.0 Å². The summed E-state index contributed by atoms with van der Waals surface area (Å²) >= 11 is 6.19. The van der Waals surface area contributed by atoms with Crippen LogP contribution >= 0.6 is 11.6 Å². The van der Waals surface area contributed by atoms with Crippen LogP contribution in [-0.2, 0) is 11.2 Å². The van der Waals surface area contributed by atoms with Crippen LogP contribution in [-0.4, -0.2) is 28.9 Å². The zero-order chi connectivity index (χ0) is 16.4. The van der Waals surface area contributed by atoms with Gasteiger partial charge in [0, 0.05) is 12.1 Å². The highest BCUT2D eigenvalue weighted by molar-refractivity contribution is 6.32. The van der Waals surface area contributed by atoms with Gasteiger partial charge in [-0.05, 0) is 31.5 Å². The predicted octanol–water partition coefficient (Wildman–Crippen LogP) is 3.07. The fourth-order valence-electron chi connectivity index (χ4n) is 2.46. The van der Waals surface area contributed by atoms with E-state index in [2.05, 4.69) is 10.4 Å². The number of halogens is 1. The highest BCUT2D eigenvalue weighted by atomic mass is 35.5. The third-order valence-corrected chi connectivity index (χ3v) is 3.73. The smallest absolute Gasteiger partial charge is 0.229 e. The SMILES string of the molecule is CC(C)n1nccc1NC(=O)Cc1cc(Cl)c2c(c1)OCCO2. The third-order valence-electron chi connectivity index (χ3n) is 3.45. The number of hydrogen-bond acceptors (Lipinski definition) is 4. The number of nitrogens with zero attached hydrogens (tertiary/aromatic N) is 2. The van der Waals surface area contributed by atoms with E-state index < -0.39 is 0 Å². The molecule has 122 valence electrons. The molecule has 0 atom stereocenters. The molecule has 1 N–H and O–H groups in total. The number of rotatable bonds is 4. The highest BCUT2D eigenvalue weighted by Crippen LogP contribution is 2.38. The van der Waals surface area contributed by atoms with Gasteiger partial charge in [-0.2, -0.15) is 5.10 Å². The van der Waals surface area contributed by atoms with Gasteiger partial charge in [0.25, 0.3) is 0 Å². The van der Waals surface area contributed by atoms with Crippen molar-refractivity contribution in [1.29, 1.82) is 0 Å². The van der Waals surface area contributed by atoms with Crippen molar-refractivity contribution in [3.63, 3.8) is 0 Å². The summed E-state index contributed by atoms with van der Waals surface area (Å²) < 4.78 is 12.8. The number of fused-ring (bicyclic) bond motifs is 1. The van der Waals surface area contributed by atoms with E-state index in [0.29, 0.717) is 35.6 Å². The maximum atomic E-state index is 12.3. The Morgan fingerprint density at radius 2 is 2.17 bits per heavy atom. The van der Waals surface area contributed by atoms with E-state index in [9.17, 15) is 4.79 Å². The van der Waals surface area contributed by atoms with Crippen molar-refractivity contribution in [2.24, 2.45) is 0 Å². The van der Waals surface area contributed by atoms with E-state index in [1.807, 2.05) is 13.8 Å². The molecule has 0 bridgehead atoms. The van der Waals surface area contributed by atoms with Crippen molar-refractivity contribution < 1.29 is 14.3 Å². The lowest BCUT2D eigenvalue weighted by Crippen LogP contribution is -2.19. The zero-order valence-electron chi connectivity index (χ0n) is 13.0. The molecule has 1 aromatic carbocycles. The molecular weight excluding hydrogens is 318 g/mol. The Hall–Kier alpha value is -2.21. The lowest BCUT2D eigenvalue weighted by Gasteiger charge is -2.20. The van der Waals surface area contributed by atoms with Gasteiger partial charge in [-0.3, -0.25) is 4.79 Å². The number of amides is 1. The number of hydrogen-bond donors (Lipinski definition) is 1. The molecule has 0 radical (unpaired) electrons. The van der Waals surface area contributed by atoms with Crippen LogP contribution in [0.1, 0.15) is 25.5 Å². The van der Waals surface area contributed by atoms with Crippen molar-refractivity contribution in [2.45, 2.75) is 26.3 Å². The lowest BCUT2D eigenvalue weighted by molar-refractivity contribution is -0.115. The Bertz CT molecular complexity index is 727. The van der Waals surface area contributed by atoms with Crippen LogP contribution in [0.3, 0.4) is 0 Å². The Balaban J connectivity index is 1.73. The molecule has 0 unspecified atom stereocenters. The fourth-order valence-corrected chi connectivity index (χ4v) is 2.75. The van der Waals surface area contributed by atoms with Gasteiger partial charge in [0.1, 0.15) is 19.0 Å². The molecule has 0 saturated carbocycles. The van der Waals surface area contributed by atoms with Crippen molar-refractivity contribution in [3.8, 4) is 11.5 Å². The summed E-state index contributed by atoms with van der Waals surface area (Å²) in [5.41, 5.74) is 0.771. The van der Waals surface area contributed by atoms with Gasteiger partial charge in [0.2, 0.25) is 5.91 Å². The van der Waals surface area contributed by atoms with E-state index in [1.54, 1.807) is 29.1 Å². The topological polar surface area (TPSA) is 65.4 Å². The molecule has 1 amide bonds. The maximum Gasteiger partial charge on any atom is 0.229 e. The lowest BCUT2D eigenvalue weighted by atomic mass is 10.1. The second kappa shape index (κ2) is 6.50. The van der Waals surface area contributed by atoms with Gasteiger partial charge in [0.05, 0.1) is 17.6 Å². The summed E-state index contributed by atoms with van der Waals surface area (Å²) in [5, 5.41) is 7.51. The van der Waals surface area contributed by atoms with Gasteiger partial charge >= 0.3 is 0 Å². The molecule has 0 spiro atoms. The van der Waals surface area contributed by atoms with Gasteiger partial charge in [-0.15, -0.1) is 0 Å². The minimum Gasteiger partial charge on any atom is -0.486 e. The molecule has 2 heterocycles. The molecule has 1 aromatic heterocycles. The molecule has 2 aromatic rings. The Morgan fingerprint density at radius 3 is 2.96 bits per heavy atom. The van der Waals surface area contributed by atoms with Crippen LogP contribution in [0.2, 0.25) is 5.02 Å². The summed E-state index contributed by atoms with van der Waals surface area (Å²) in [7, 11) is 0. The summed E-state index contributed by atoms with van der Waals surface area (Å²) in [6, 6.07) is 5.46. The molecular formula is C16H18ClN3O3. The quantitative estimate of drug-likeness (QED) is 0.932. The average molecular weight is 336 g/mol. The number of ether oxygens (including phenoxy) is 2. The van der Waals surface area contributed by atoms with E-state index in [0.717, 1.165) is 5.56 Å². The van der Waals surface area contributed by atoms with E-state index in [4.69, 9.17) is 21.1 Å². The Kier molecular flexibility index (Phi) is 4.43. The number of benzene rings is 1. The number of nitrogens with one attached hydrogen (secondary N) is 1. The summed E-state index contributed by atoms with van der Waals surface area (Å²) in [5.74, 6) is 1.66. The predicted molar refractivity (Wildman–Crippen MR) is 87.4 cm³/mol. The second-order valence-corrected chi connectivity index (χ2v) is 5.99. The monoisotopic (exact) mass is 335 g/mol. The minimum absolute atomic E-state index is 0.139. The minimum atomic E-state index is -0.139. The molecule has 0 saturated heterocycles. The Morgan fingerprint density at radius 1 is 1.39 bits per heavy atom. The number of anilines is 1. The van der Waals surface area contributed by atoms with Gasteiger partial charge in [-0.1, -0.05) is 11.6 Å². The first kappa shape index (κ1) is 15.7. The van der Waals surface area contributed by atoms with E-state index in [-0.39, 0.29) is 18.4 Å². The first-order chi connectivity index (χ1) is 11.0. The van der Waals surface area contributed by atoms with E-state index in [1.165, 1.54) is 0 Å². The fraction of sp³-hybridized carbons (Fsp3) is 0.375. The molecule has 1 aliphatic heterocycles. The third kappa shape index (κ3) is 3.42. The summed E-state index contributed by atoms with van der Waals surface area (Å²) in [4.78, 5) is 12.3. The summed E-state index contributed by atoms with van der Waals surface area (Å²) in [6.45, 7) is 4.96. The van der Waals surface area contributed by atoms with Crippen molar-refractivity contribution >= 4 is 23.3 Å². The molecule has 3 rings (SSSR count). The zero-order valence-corrected chi connectivity index (χ0v) is 13.8. The number of carbonyl (C=O) groups is 1. The first-order valence-corrected chi connectivity index (χ1v) is 7.84. The van der Waals surface area contributed by atoms with Crippen molar-refractivity contribution in [2.75, 3.05) is 18.5 Å². The van der Waals surface area contributed by atoms with E-state index >= 15 is 0 Å². The average Bonchev–Trinajstić information content (AvgIpc) is 2.95. The maximum absolute atomic E-state index is 12.3. The molecule has 23 heavy (non-hydrogen) atoms.